The summed E-state index contributed by atoms with van der Waals surface area (Å²) in [6.45, 7) is 9.64. The predicted molar refractivity (Wildman–Crippen MR) is 62.2 cm³/mol. The lowest BCUT2D eigenvalue weighted by Gasteiger charge is -2.47. The highest BCUT2D eigenvalue weighted by Crippen LogP contribution is 2.52. The summed E-state index contributed by atoms with van der Waals surface area (Å²) in [4.78, 5) is 0. The lowest BCUT2D eigenvalue weighted by atomic mass is 9.58. The van der Waals surface area contributed by atoms with E-state index >= 15 is 0 Å². The molecule has 0 aliphatic heterocycles. The van der Waals surface area contributed by atoms with E-state index in [4.69, 9.17) is 0 Å². The minimum Gasteiger partial charge on any atom is -0.0741 e. The zero-order valence-corrected chi connectivity index (χ0v) is 10.2. The van der Waals surface area contributed by atoms with E-state index in [1.807, 2.05) is 0 Å². The highest BCUT2D eigenvalue weighted by atomic mass is 14.5. The second-order valence-corrected chi connectivity index (χ2v) is 6.17. The largest absolute Gasteiger partial charge is 0.0741 e. The number of allylic oxidation sites excluding steroid dienone is 2. The molecule has 0 nitrogen and oxygen atoms in total. The zero-order valence-electron chi connectivity index (χ0n) is 10.2. The molecule has 1 fully saturated rings. The predicted octanol–water partition coefficient (Wildman–Crippen LogP) is 4.56. The van der Waals surface area contributed by atoms with Crippen LogP contribution in [0.4, 0.5) is 0 Å². The summed E-state index contributed by atoms with van der Waals surface area (Å²) in [5.41, 5.74) is 4.01. The van der Waals surface area contributed by atoms with Gasteiger partial charge in [0.25, 0.3) is 0 Å². The first-order valence-corrected chi connectivity index (χ1v) is 6.16. The Hall–Kier alpha value is -0.260. The van der Waals surface area contributed by atoms with E-state index in [1.165, 1.54) is 32.1 Å². The van der Waals surface area contributed by atoms with Gasteiger partial charge in [0, 0.05) is 0 Å². The highest BCUT2D eigenvalue weighted by molar-refractivity contribution is 5.18. The van der Waals surface area contributed by atoms with Crippen molar-refractivity contribution in [2.45, 2.75) is 59.8 Å². The summed E-state index contributed by atoms with van der Waals surface area (Å²) in [7, 11) is 0. The van der Waals surface area contributed by atoms with E-state index in [2.05, 4.69) is 27.7 Å². The van der Waals surface area contributed by atoms with Gasteiger partial charge in [-0.25, -0.2) is 0 Å². The van der Waals surface area contributed by atoms with Gasteiger partial charge in [-0.05, 0) is 56.8 Å². The van der Waals surface area contributed by atoms with Crippen LogP contribution in [0, 0.1) is 17.3 Å². The molecule has 0 amide bonds. The molecule has 0 bridgehead atoms. The highest BCUT2D eigenvalue weighted by Gasteiger charge is 2.41. The Morgan fingerprint density at radius 2 is 1.93 bits per heavy atom. The van der Waals surface area contributed by atoms with Crippen LogP contribution in [0.5, 0.6) is 0 Å². The Labute approximate surface area is 88.8 Å². The average Bonchev–Trinajstić information content (AvgIpc) is 2.10. The van der Waals surface area contributed by atoms with Gasteiger partial charge in [0.1, 0.15) is 0 Å². The minimum atomic E-state index is 0.649. The van der Waals surface area contributed by atoms with Crippen molar-refractivity contribution in [3.05, 3.63) is 11.1 Å². The van der Waals surface area contributed by atoms with Crippen molar-refractivity contribution in [2.24, 2.45) is 17.3 Å². The van der Waals surface area contributed by atoms with Crippen molar-refractivity contribution in [1.82, 2.24) is 0 Å². The fourth-order valence-corrected chi connectivity index (χ4v) is 3.53. The van der Waals surface area contributed by atoms with Gasteiger partial charge in [-0.2, -0.15) is 0 Å². The molecule has 2 aliphatic rings. The van der Waals surface area contributed by atoms with Crippen molar-refractivity contribution >= 4 is 0 Å². The third-order valence-electron chi connectivity index (χ3n) is 4.83. The first-order chi connectivity index (χ1) is 6.51. The first-order valence-electron chi connectivity index (χ1n) is 6.16. The second-order valence-electron chi connectivity index (χ2n) is 6.17. The van der Waals surface area contributed by atoms with Crippen LogP contribution in [0.1, 0.15) is 59.8 Å². The van der Waals surface area contributed by atoms with E-state index in [1.54, 1.807) is 11.1 Å². The molecule has 0 radical (unpaired) electrons. The standard InChI is InChI=1S/C14H24/c1-10-5-6-14(4)9-12(3)11(2)8-13(14)7-10/h10,13H,5-9H2,1-4H3. The van der Waals surface area contributed by atoms with Crippen LogP contribution in [0.25, 0.3) is 0 Å². The molecule has 1 saturated carbocycles. The molecule has 0 heterocycles. The van der Waals surface area contributed by atoms with Gasteiger partial charge in [-0.15, -0.1) is 0 Å². The molecule has 2 aliphatic carbocycles. The number of fused-ring (bicyclic) bond motifs is 1. The quantitative estimate of drug-likeness (QED) is 0.494. The second kappa shape index (κ2) is 3.40. The number of hydrogen-bond donors (Lipinski definition) is 0. The third kappa shape index (κ3) is 1.64. The fraction of sp³-hybridized carbons (Fsp3) is 0.857. The van der Waals surface area contributed by atoms with Gasteiger partial charge in [0.2, 0.25) is 0 Å². The Morgan fingerprint density at radius 3 is 2.64 bits per heavy atom. The maximum Gasteiger partial charge on any atom is -0.0257 e. The summed E-state index contributed by atoms with van der Waals surface area (Å²) in [6, 6.07) is 0. The van der Waals surface area contributed by atoms with E-state index in [9.17, 15) is 0 Å². The fourth-order valence-electron chi connectivity index (χ4n) is 3.53. The van der Waals surface area contributed by atoms with E-state index in [0.717, 1.165) is 11.8 Å². The van der Waals surface area contributed by atoms with Crippen LogP contribution >= 0.6 is 0 Å². The molecule has 0 N–H and O–H groups in total. The van der Waals surface area contributed by atoms with Crippen LogP contribution < -0.4 is 0 Å². The molecule has 3 atom stereocenters. The van der Waals surface area contributed by atoms with Crippen molar-refractivity contribution in [3.8, 4) is 0 Å². The normalized spacial score (nSPS) is 43.7. The molecule has 0 heteroatoms. The summed E-state index contributed by atoms with van der Waals surface area (Å²) < 4.78 is 0. The molecule has 3 unspecified atom stereocenters. The van der Waals surface area contributed by atoms with Gasteiger partial charge < -0.3 is 0 Å². The molecule has 80 valence electrons. The summed E-state index contributed by atoms with van der Waals surface area (Å²) in [5, 5.41) is 0. The van der Waals surface area contributed by atoms with Gasteiger partial charge in [0.15, 0.2) is 0 Å². The Bertz CT molecular complexity index is 261. The topological polar surface area (TPSA) is 0 Å². The van der Waals surface area contributed by atoms with Gasteiger partial charge in [-0.3, -0.25) is 0 Å². The number of hydrogen-bond acceptors (Lipinski definition) is 0. The third-order valence-corrected chi connectivity index (χ3v) is 4.83. The lowest BCUT2D eigenvalue weighted by molar-refractivity contribution is 0.0759. The van der Waals surface area contributed by atoms with Gasteiger partial charge >= 0.3 is 0 Å². The van der Waals surface area contributed by atoms with E-state index in [0.29, 0.717) is 5.41 Å². The molecule has 0 aromatic heterocycles. The first kappa shape index (κ1) is 10.3. The van der Waals surface area contributed by atoms with Crippen LogP contribution in [-0.2, 0) is 0 Å². The van der Waals surface area contributed by atoms with Gasteiger partial charge in [-0.1, -0.05) is 31.4 Å². The molecule has 0 aromatic carbocycles. The molecule has 14 heavy (non-hydrogen) atoms. The monoisotopic (exact) mass is 192 g/mol. The zero-order chi connectivity index (χ0) is 10.3. The molecular formula is C14H24. The Balaban J connectivity index is 2.21. The van der Waals surface area contributed by atoms with Crippen LogP contribution in [-0.4, -0.2) is 0 Å². The van der Waals surface area contributed by atoms with Crippen LogP contribution in [0.3, 0.4) is 0 Å². The molecule has 2 rings (SSSR count). The number of rotatable bonds is 0. The van der Waals surface area contributed by atoms with Gasteiger partial charge in [0.05, 0.1) is 0 Å². The van der Waals surface area contributed by atoms with E-state index < -0.39 is 0 Å². The smallest absolute Gasteiger partial charge is 0.0257 e. The maximum atomic E-state index is 2.53. The molecule has 0 spiro atoms. The van der Waals surface area contributed by atoms with E-state index in [-0.39, 0.29) is 0 Å². The summed E-state index contributed by atoms with van der Waals surface area (Å²) in [5.74, 6) is 1.95. The summed E-state index contributed by atoms with van der Waals surface area (Å²) >= 11 is 0. The molecule has 0 saturated heterocycles. The minimum absolute atomic E-state index is 0.649. The summed E-state index contributed by atoms with van der Waals surface area (Å²) in [6.07, 6.45) is 7.15. The maximum absolute atomic E-state index is 2.53. The van der Waals surface area contributed by atoms with Crippen molar-refractivity contribution in [2.75, 3.05) is 0 Å². The Morgan fingerprint density at radius 1 is 1.21 bits per heavy atom. The van der Waals surface area contributed by atoms with Crippen LogP contribution in [0.2, 0.25) is 0 Å². The Kier molecular flexibility index (Phi) is 2.49. The SMILES string of the molecule is CC1=C(C)CC2(C)CCC(C)CC2C1. The van der Waals surface area contributed by atoms with Crippen molar-refractivity contribution < 1.29 is 0 Å². The average molecular weight is 192 g/mol. The molecule has 0 aromatic rings. The van der Waals surface area contributed by atoms with Crippen molar-refractivity contribution in [1.29, 1.82) is 0 Å². The lowest BCUT2D eigenvalue weighted by Crippen LogP contribution is -2.36. The van der Waals surface area contributed by atoms with Crippen molar-refractivity contribution in [3.63, 3.8) is 0 Å². The van der Waals surface area contributed by atoms with Crippen LogP contribution in [0.15, 0.2) is 11.1 Å². The molecular weight excluding hydrogens is 168 g/mol.